The summed E-state index contributed by atoms with van der Waals surface area (Å²) in [5, 5.41) is 0.729. The predicted molar refractivity (Wildman–Crippen MR) is 50.0 cm³/mol. The summed E-state index contributed by atoms with van der Waals surface area (Å²) in [6.07, 6.45) is 0. The molecule has 0 N–H and O–H groups in total. The molecule has 0 aliphatic heterocycles. The van der Waals surface area contributed by atoms with Gasteiger partial charge in [-0.3, -0.25) is 0 Å². The van der Waals surface area contributed by atoms with Gasteiger partial charge < -0.3 is 9.47 Å². The van der Waals surface area contributed by atoms with Crippen LogP contribution in [-0.4, -0.2) is 19.2 Å². The second-order valence-electron chi connectivity index (χ2n) is 2.16. The summed E-state index contributed by atoms with van der Waals surface area (Å²) in [4.78, 5) is 4.11. The van der Waals surface area contributed by atoms with Crippen molar-refractivity contribution < 1.29 is 9.47 Å². The third-order valence-electron chi connectivity index (χ3n) is 1.46. The van der Waals surface area contributed by atoms with Crippen molar-refractivity contribution in [3.8, 4) is 11.8 Å². The van der Waals surface area contributed by atoms with E-state index in [0.717, 1.165) is 10.9 Å². The minimum atomic E-state index is 0.566. The molecule has 1 aromatic heterocycles. The summed E-state index contributed by atoms with van der Waals surface area (Å²) < 4.78 is 10.0. The van der Waals surface area contributed by atoms with E-state index in [1.54, 1.807) is 20.3 Å². The Morgan fingerprint density at radius 2 is 2.08 bits per heavy atom. The number of nitrogens with zero attached hydrogens (tertiary/aromatic N) is 1. The Morgan fingerprint density at radius 3 is 2.58 bits per heavy atom. The van der Waals surface area contributed by atoms with E-state index in [2.05, 4.69) is 20.9 Å². The van der Waals surface area contributed by atoms with E-state index in [1.165, 1.54) is 0 Å². The maximum atomic E-state index is 5.06. The number of rotatable bonds is 3. The van der Waals surface area contributed by atoms with Crippen molar-refractivity contribution in [1.82, 2.24) is 4.98 Å². The fourth-order valence-corrected chi connectivity index (χ4v) is 1.27. The highest BCUT2D eigenvalue weighted by molar-refractivity contribution is 9.08. The third kappa shape index (κ3) is 1.88. The molecule has 0 unspecified atom stereocenters. The van der Waals surface area contributed by atoms with Crippen molar-refractivity contribution in [1.29, 1.82) is 0 Å². The van der Waals surface area contributed by atoms with Crippen molar-refractivity contribution >= 4 is 15.9 Å². The van der Waals surface area contributed by atoms with Crippen LogP contribution in [0, 0.1) is 0 Å². The van der Waals surface area contributed by atoms with E-state index in [1.807, 2.05) is 6.07 Å². The Balaban J connectivity index is 3.02. The largest absolute Gasteiger partial charge is 0.481 e. The molecule has 3 nitrogen and oxygen atoms in total. The van der Waals surface area contributed by atoms with Gasteiger partial charge in [0.05, 0.1) is 14.2 Å². The highest BCUT2D eigenvalue weighted by atomic mass is 79.9. The quantitative estimate of drug-likeness (QED) is 0.747. The second kappa shape index (κ2) is 4.30. The molecule has 0 amide bonds. The van der Waals surface area contributed by atoms with Crippen LogP contribution in [0.5, 0.6) is 11.8 Å². The molecule has 66 valence electrons. The Kier molecular flexibility index (Phi) is 3.34. The van der Waals surface area contributed by atoms with Crippen LogP contribution in [0.1, 0.15) is 5.56 Å². The summed E-state index contributed by atoms with van der Waals surface area (Å²) in [6, 6.07) is 3.72. The average Bonchev–Trinajstić information content (AvgIpc) is 2.16. The molecular formula is C8H10BrNO2. The number of alkyl halides is 1. The van der Waals surface area contributed by atoms with Crippen molar-refractivity contribution in [2.45, 2.75) is 5.33 Å². The molecule has 0 saturated carbocycles. The zero-order valence-electron chi connectivity index (χ0n) is 7.00. The number of methoxy groups -OCH3 is 2. The van der Waals surface area contributed by atoms with Gasteiger partial charge in [-0.05, 0) is 6.07 Å². The molecule has 0 fully saturated rings. The van der Waals surface area contributed by atoms with Crippen LogP contribution >= 0.6 is 15.9 Å². The lowest BCUT2D eigenvalue weighted by atomic mass is 10.3. The van der Waals surface area contributed by atoms with Gasteiger partial charge in [0.25, 0.3) is 0 Å². The zero-order valence-corrected chi connectivity index (χ0v) is 8.59. The lowest BCUT2D eigenvalue weighted by molar-refractivity contribution is 0.362. The van der Waals surface area contributed by atoms with Crippen LogP contribution in [0.4, 0.5) is 0 Å². The van der Waals surface area contributed by atoms with E-state index in [4.69, 9.17) is 9.47 Å². The lowest BCUT2D eigenvalue weighted by Crippen LogP contribution is -1.95. The Morgan fingerprint density at radius 1 is 1.33 bits per heavy atom. The van der Waals surface area contributed by atoms with Crippen molar-refractivity contribution in [2.24, 2.45) is 0 Å². The molecule has 0 spiro atoms. The first-order valence-corrected chi connectivity index (χ1v) is 4.57. The number of halogens is 1. The Labute approximate surface area is 79.8 Å². The van der Waals surface area contributed by atoms with Crippen LogP contribution in [0.2, 0.25) is 0 Å². The number of hydrogen-bond acceptors (Lipinski definition) is 3. The summed E-state index contributed by atoms with van der Waals surface area (Å²) in [6.45, 7) is 0. The van der Waals surface area contributed by atoms with Gasteiger partial charge in [-0.2, -0.15) is 4.98 Å². The number of pyridine rings is 1. The van der Waals surface area contributed by atoms with E-state index in [9.17, 15) is 0 Å². The topological polar surface area (TPSA) is 31.4 Å². The Hall–Kier alpha value is -0.770. The summed E-state index contributed by atoms with van der Waals surface area (Å²) >= 11 is 3.33. The van der Waals surface area contributed by atoms with Crippen LogP contribution in [0.15, 0.2) is 12.1 Å². The first kappa shape index (κ1) is 9.32. The third-order valence-corrected chi connectivity index (χ3v) is 2.06. The zero-order chi connectivity index (χ0) is 8.97. The SMILES string of the molecule is COc1ccc(CBr)c(OC)n1. The monoisotopic (exact) mass is 231 g/mol. The van der Waals surface area contributed by atoms with E-state index in [0.29, 0.717) is 11.8 Å². The molecule has 0 saturated heterocycles. The fraction of sp³-hybridized carbons (Fsp3) is 0.375. The lowest BCUT2D eigenvalue weighted by Gasteiger charge is -2.05. The molecule has 4 heteroatoms. The fourth-order valence-electron chi connectivity index (χ4n) is 0.844. The minimum absolute atomic E-state index is 0.566. The number of ether oxygens (including phenoxy) is 2. The van der Waals surface area contributed by atoms with E-state index in [-0.39, 0.29) is 0 Å². The van der Waals surface area contributed by atoms with Crippen molar-refractivity contribution in [2.75, 3.05) is 14.2 Å². The molecular weight excluding hydrogens is 222 g/mol. The van der Waals surface area contributed by atoms with Crippen molar-refractivity contribution in [3.63, 3.8) is 0 Å². The van der Waals surface area contributed by atoms with Gasteiger partial charge in [-0.25, -0.2) is 0 Å². The van der Waals surface area contributed by atoms with Crippen molar-refractivity contribution in [3.05, 3.63) is 17.7 Å². The van der Waals surface area contributed by atoms with Gasteiger partial charge in [0, 0.05) is 17.0 Å². The van der Waals surface area contributed by atoms with Crippen LogP contribution < -0.4 is 9.47 Å². The smallest absolute Gasteiger partial charge is 0.220 e. The molecule has 1 aromatic rings. The van der Waals surface area contributed by atoms with Crippen LogP contribution in [0.3, 0.4) is 0 Å². The molecule has 0 radical (unpaired) electrons. The van der Waals surface area contributed by atoms with Gasteiger partial charge in [0.1, 0.15) is 0 Å². The normalized spacial score (nSPS) is 9.58. The first-order chi connectivity index (χ1) is 5.81. The average molecular weight is 232 g/mol. The number of aromatic nitrogens is 1. The Bertz CT molecular complexity index is 265. The standard InChI is InChI=1S/C8H10BrNO2/c1-11-7-4-3-6(5-9)8(10-7)12-2/h3-4H,5H2,1-2H3. The molecule has 1 heterocycles. The van der Waals surface area contributed by atoms with Gasteiger partial charge >= 0.3 is 0 Å². The molecule has 0 bridgehead atoms. The second-order valence-corrected chi connectivity index (χ2v) is 2.72. The molecule has 0 aliphatic rings. The van der Waals surface area contributed by atoms with Gasteiger partial charge in [-0.1, -0.05) is 15.9 Å². The van der Waals surface area contributed by atoms with Gasteiger partial charge in [-0.15, -0.1) is 0 Å². The molecule has 1 rings (SSSR count). The highest BCUT2D eigenvalue weighted by Crippen LogP contribution is 2.21. The van der Waals surface area contributed by atoms with Crippen LogP contribution in [0.25, 0.3) is 0 Å². The maximum Gasteiger partial charge on any atom is 0.220 e. The van der Waals surface area contributed by atoms with Gasteiger partial charge in [0.2, 0.25) is 11.8 Å². The molecule has 0 aliphatic carbocycles. The van der Waals surface area contributed by atoms with Gasteiger partial charge in [0.15, 0.2) is 0 Å². The summed E-state index contributed by atoms with van der Waals surface area (Å²) in [5.74, 6) is 1.17. The van der Waals surface area contributed by atoms with E-state index < -0.39 is 0 Å². The molecule has 0 aromatic carbocycles. The van der Waals surface area contributed by atoms with Crippen LogP contribution in [-0.2, 0) is 5.33 Å². The minimum Gasteiger partial charge on any atom is -0.481 e. The highest BCUT2D eigenvalue weighted by Gasteiger charge is 2.04. The van der Waals surface area contributed by atoms with E-state index >= 15 is 0 Å². The number of hydrogen-bond donors (Lipinski definition) is 0. The maximum absolute atomic E-state index is 5.06. The molecule has 0 atom stereocenters. The summed E-state index contributed by atoms with van der Waals surface area (Å²) in [7, 11) is 3.17. The molecule has 12 heavy (non-hydrogen) atoms. The first-order valence-electron chi connectivity index (χ1n) is 3.45. The predicted octanol–water partition coefficient (Wildman–Crippen LogP) is 1.99. The summed E-state index contributed by atoms with van der Waals surface area (Å²) in [5.41, 5.74) is 1.01.